The third kappa shape index (κ3) is 1.39. The zero-order chi connectivity index (χ0) is 11.0. The Labute approximate surface area is 85.5 Å². The van der Waals surface area contributed by atoms with Gasteiger partial charge in [0.05, 0.1) is 0 Å². The summed E-state index contributed by atoms with van der Waals surface area (Å²) in [5, 5.41) is 10.9. The lowest BCUT2D eigenvalue weighted by Gasteiger charge is -1.95. The summed E-state index contributed by atoms with van der Waals surface area (Å²) in [6, 6.07) is 3.23. The van der Waals surface area contributed by atoms with E-state index in [4.69, 9.17) is 5.73 Å². The summed E-state index contributed by atoms with van der Waals surface area (Å²) in [5.41, 5.74) is 7.11. The third-order valence-electron chi connectivity index (χ3n) is 2.20. The highest BCUT2D eigenvalue weighted by Crippen LogP contribution is 2.22. The molecule has 78 valence electrons. The number of fused-ring (bicyclic) bond motifs is 1. The number of pyridine rings is 1. The molecule has 0 saturated heterocycles. The second-order valence-corrected chi connectivity index (χ2v) is 3.18. The summed E-state index contributed by atoms with van der Waals surface area (Å²) in [5.74, 6) is 0.0208. The summed E-state index contributed by atoms with van der Waals surface area (Å²) < 4.78 is 1.44. The maximum Gasteiger partial charge on any atom is 0.351 e. The molecule has 2 heterocycles. The lowest BCUT2D eigenvalue weighted by Crippen LogP contribution is -1.97. The number of nitrogens with two attached hydrogens (primary N) is 1. The lowest BCUT2D eigenvalue weighted by molar-refractivity contribution is -0.391. The largest absolute Gasteiger partial charge is 0.398 e. The van der Waals surface area contributed by atoms with Crippen LogP contribution in [0.15, 0.2) is 18.3 Å². The Balaban J connectivity index is 2.80. The van der Waals surface area contributed by atoms with Gasteiger partial charge >= 0.3 is 5.82 Å². The van der Waals surface area contributed by atoms with Gasteiger partial charge in [0.2, 0.25) is 5.65 Å². The summed E-state index contributed by atoms with van der Waals surface area (Å²) in [6.07, 6.45) is 2.09. The number of aromatic nitrogens is 2. The first-order chi connectivity index (χ1) is 7.13. The molecule has 0 aliphatic rings. The minimum atomic E-state index is -0.422. The Morgan fingerprint density at radius 2 is 2.40 bits per heavy atom. The van der Waals surface area contributed by atoms with Gasteiger partial charge in [0.1, 0.15) is 11.9 Å². The number of aryl methyl sites for hydroxylation is 1. The van der Waals surface area contributed by atoms with Crippen molar-refractivity contribution in [2.45, 2.75) is 13.3 Å². The molecule has 6 heteroatoms. The normalized spacial score (nSPS) is 10.7. The Hall–Kier alpha value is -2.11. The maximum atomic E-state index is 10.9. The second-order valence-electron chi connectivity index (χ2n) is 3.18. The molecule has 0 aliphatic carbocycles. The molecule has 6 nitrogen and oxygen atoms in total. The van der Waals surface area contributed by atoms with Crippen molar-refractivity contribution in [2.75, 3.05) is 5.73 Å². The summed E-state index contributed by atoms with van der Waals surface area (Å²) in [7, 11) is 0. The van der Waals surface area contributed by atoms with Crippen LogP contribution in [0.5, 0.6) is 0 Å². The first-order valence-electron chi connectivity index (χ1n) is 4.54. The number of imidazole rings is 1. The van der Waals surface area contributed by atoms with Gasteiger partial charge in [0.25, 0.3) is 0 Å². The van der Waals surface area contributed by atoms with Crippen molar-refractivity contribution in [3.05, 3.63) is 34.1 Å². The number of hydrogen-bond donors (Lipinski definition) is 1. The fraction of sp³-hybridized carbons (Fsp3) is 0.222. The number of anilines is 1. The monoisotopic (exact) mass is 206 g/mol. The van der Waals surface area contributed by atoms with Crippen molar-refractivity contribution in [3.63, 3.8) is 0 Å². The van der Waals surface area contributed by atoms with E-state index in [1.54, 1.807) is 18.3 Å². The molecule has 2 aromatic heterocycles. The molecule has 0 saturated carbocycles. The Morgan fingerprint density at radius 1 is 1.67 bits per heavy atom. The molecule has 2 aromatic rings. The number of nitro groups is 1. The minimum Gasteiger partial charge on any atom is -0.398 e. The third-order valence-corrected chi connectivity index (χ3v) is 2.20. The predicted octanol–water partition coefficient (Wildman–Crippen LogP) is 1.39. The molecular formula is C9H10N4O2. The minimum absolute atomic E-state index is 0.0208. The van der Waals surface area contributed by atoms with E-state index >= 15 is 0 Å². The standard InChI is InChI=1S/C9H10N4O2/c1-2-7-9(13(14)15)12-4-3-6(10)5-8(12)11-7/h3-5H,2,10H2,1H3. The first kappa shape index (κ1) is 9.45. The smallest absolute Gasteiger partial charge is 0.351 e. The molecule has 0 bridgehead atoms. The molecule has 2 N–H and O–H groups in total. The van der Waals surface area contributed by atoms with Crippen molar-refractivity contribution < 1.29 is 4.92 Å². The van der Waals surface area contributed by atoms with Crippen molar-refractivity contribution in [1.82, 2.24) is 9.38 Å². The van der Waals surface area contributed by atoms with Gasteiger partial charge in [-0.15, -0.1) is 0 Å². The van der Waals surface area contributed by atoms with E-state index in [1.165, 1.54) is 4.40 Å². The number of rotatable bonds is 2. The average Bonchev–Trinajstić information content (AvgIpc) is 2.54. The quantitative estimate of drug-likeness (QED) is 0.594. The molecule has 0 aliphatic heterocycles. The number of nitrogens with zero attached hydrogens (tertiary/aromatic N) is 3. The van der Waals surface area contributed by atoms with Gasteiger partial charge in [0, 0.05) is 17.8 Å². The SMILES string of the molecule is CCc1nc2cc(N)ccn2c1[N+](=O)[O-]. The maximum absolute atomic E-state index is 10.9. The van der Waals surface area contributed by atoms with Gasteiger partial charge in [-0.1, -0.05) is 6.92 Å². The van der Waals surface area contributed by atoms with Crippen LogP contribution in [0.2, 0.25) is 0 Å². The molecule has 0 atom stereocenters. The summed E-state index contributed by atoms with van der Waals surface area (Å²) in [6.45, 7) is 1.83. The molecule has 0 spiro atoms. The van der Waals surface area contributed by atoms with Crippen LogP contribution in [-0.2, 0) is 6.42 Å². The zero-order valence-electron chi connectivity index (χ0n) is 8.17. The van der Waals surface area contributed by atoms with Gasteiger partial charge < -0.3 is 15.8 Å². The molecule has 0 radical (unpaired) electrons. The van der Waals surface area contributed by atoms with Crippen LogP contribution in [0, 0.1) is 10.1 Å². The molecule has 15 heavy (non-hydrogen) atoms. The van der Waals surface area contributed by atoms with Gasteiger partial charge in [-0.2, -0.15) is 4.40 Å². The summed E-state index contributed by atoms with van der Waals surface area (Å²) in [4.78, 5) is 14.6. The molecule has 0 amide bonds. The van der Waals surface area contributed by atoms with Crippen LogP contribution >= 0.6 is 0 Å². The van der Waals surface area contributed by atoms with E-state index in [-0.39, 0.29) is 5.82 Å². The molecular weight excluding hydrogens is 196 g/mol. The Kier molecular flexibility index (Phi) is 2.03. The van der Waals surface area contributed by atoms with Crippen molar-refractivity contribution in [3.8, 4) is 0 Å². The lowest BCUT2D eigenvalue weighted by atomic mass is 10.3. The van der Waals surface area contributed by atoms with Gasteiger partial charge in [0.15, 0.2) is 0 Å². The topological polar surface area (TPSA) is 86.5 Å². The van der Waals surface area contributed by atoms with E-state index < -0.39 is 4.92 Å². The van der Waals surface area contributed by atoms with Crippen molar-refractivity contribution in [1.29, 1.82) is 0 Å². The molecule has 0 unspecified atom stereocenters. The van der Waals surface area contributed by atoms with Gasteiger partial charge in [-0.25, -0.2) is 4.98 Å². The number of hydrogen-bond acceptors (Lipinski definition) is 4. The average molecular weight is 206 g/mol. The second kappa shape index (κ2) is 3.23. The van der Waals surface area contributed by atoms with Crippen molar-refractivity contribution in [2.24, 2.45) is 0 Å². The predicted molar refractivity (Wildman–Crippen MR) is 55.6 cm³/mol. The van der Waals surface area contributed by atoms with Gasteiger partial charge in [-0.3, -0.25) is 0 Å². The summed E-state index contributed by atoms with van der Waals surface area (Å²) >= 11 is 0. The zero-order valence-corrected chi connectivity index (χ0v) is 8.17. The fourth-order valence-corrected chi connectivity index (χ4v) is 1.53. The van der Waals surface area contributed by atoms with Crippen LogP contribution in [-0.4, -0.2) is 14.3 Å². The molecule has 0 fully saturated rings. The highest BCUT2D eigenvalue weighted by Gasteiger charge is 2.20. The fourth-order valence-electron chi connectivity index (χ4n) is 1.53. The van der Waals surface area contributed by atoms with E-state index in [1.807, 2.05) is 6.92 Å². The van der Waals surface area contributed by atoms with Crippen LogP contribution in [0.3, 0.4) is 0 Å². The van der Waals surface area contributed by atoms with Crippen LogP contribution < -0.4 is 5.73 Å². The van der Waals surface area contributed by atoms with E-state index in [0.717, 1.165) is 0 Å². The van der Waals surface area contributed by atoms with E-state index in [2.05, 4.69) is 4.98 Å². The highest BCUT2D eigenvalue weighted by molar-refractivity contribution is 5.56. The molecule has 2 rings (SSSR count). The Bertz CT molecular complexity index is 532. The van der Waals surface area contributed by atoms with E-state index in [9.17, 15) is 10.1 Å². The van der Waals surface area contributed by atoms with Crippen molar-refractivity contribution >= 4 is 17.2 Å². The van der Waals surface area contributed by atoms with Crippen LogP contribution in [0.1, 0.15) is 12.6 Å². The van der Waals surface area contributed by atoms with Crippen LogP contribution in [0.4, 0.5) is 11.5 Å². The van der Waals surface area contributed by atoms with Crippen LogP contribution in [0.25, 0.3) is 5.65 Å². The number of nitrogen functional groups attached to an aromatic ring is 1. The first-order valence-corrected chi connectivity index (χ1v) is 4.54. The van der Waals surface area contributed by atoms with E-state index in [0.29, 0.717) is 23.4 Å². The highest BCUT2D eigenvalue weighted by atomic mass is 16.6. The van der Waals surface area contributed by atoms with Gasteiger partial charge in [-0.05, 0) is 11.3 Å². The molecule has 0 aromatic carbocycles. The Morgan fingerprint density at radius 3 is 3.00 bits per heavy atom.